The molecule has 2 aromatic carbocycles. The van der Waals surface area contributed by atoms with Gasteiger partial charge in [0.15, 0.2) is 0 Å². The van der Waals surface area contributed by atoms with E-state index in [1.165, 1.54) is 0 Å². The van der Waals surface area contributed by atoms with E-state index in [0.717, 1.165) is 38.6 Å². The summed E-state index contributed by atoms with van der Waals surface area (Å²) in [5, 5.41) is 0.724. The van der Waals surface area contributed by atoms with E-state index in [4.69, 9.17) is 22.3 Å². The van der Waals surface area contributed by atoms with Gasteiger partial charge in [0.2, 0.25) is 0 Å². The summed E-state index contributed by atoms with van der Waals surface area (Å²) < 4.78 is 2.06. The van der Waals surface area contributed by atoms with Crippen molar-refractivity contribution in [3.8, 4) is 11.4 Å². The first-order valence-corrected chi connectivity index (χ1v) is 6.90. The zero-order valence-corrected chi connectivity index (χ0v) is 12.3. The van der Waals surface area contributed by atoms with E-state index in [1.54, 1.807) is 0 Å². The van der Waals surface area contributed by atoms with Gasteiger partial charge in [-0.25, -0.2) is 4.98 Å². The lowest BCUT2D eigenvalue weighted by Crippen LogP contribution is -1.96. The van der Waals surface area contributed by atoms with Crippen LogP contribution in [0.25, 0.3) is 22.4 Å². The van der Waals surface area contributed by atoms with Crippen LogP contribution in [0.3, 0.4) is 0 Å². The first-order valence-electron chi connectivity index (χ1n) is 6.52. The summed E-state index contributed by atoms with van der Waals surface area (Å²) in [7, 11) is 2.00. The summed E-state index contributed by atoms with van der Waals surface area (Å²) in [4.78, 5) is 4.70. The Balaban J connectivity index is 2.23. The molecule has 0 fully saturated rings. The second-order valence-corrected chi connectivity index (χ2v) is 5.41. The molecule has 102 valence electrons. The minimum Gasteiger partial charge on any atom is -0.327 e. The van der Waals surface area contributed by atoms with Gasteiger partial charge in [0, 0.05) is 19.2 Å². The SMILES string of the molecule is Cc1ccc(-c2nc3cc(CN)ccc3n2C)c(Cl)c1. The molecule has 0 saturated heterocycles. The highest BCUT2D eigenvalue weighted by Crippen LogP contribution is 2.30. The quantitative estimate of drug-likeness (QED) is 0.781. The fourth-order valence-corrected chi connectivity index (χ4v) is 2.73. The third kappa shape index (κ3) is 2.09. The number of benzene rings is 2. The van der Waals surface area contributed by atoms with Crippen molar-refractivity contribution in [3.05, 3.63) is 52.5 Å². The zero-order valence-electron chi connectivity index (χ0n) is 11.5. The summed E-state index contributed by atoms with van der Waals surface area (Å²) in [5.74, 6) is 0.874. The summed E-state index contributed by atoms with van der Waals surface area (Å²) in [5.41, 5.74) is 10.9. The molecular formula is C16H16ClN3. The topological polar surface area (TPSA) is 43.8 Å². The third-order valence-corrected chi connectivity index (χ3v) is 3.86. The number of imidazole rings is 1. The number of rotatable bonds is 2. The monoisotopic (exact) mass is 285 g/mol. The second kappa shape index (κ2) is 4.93. The molecule has 3 nitrogen and oxygen atoms in total. The van der Waals surface area contributed by atoms with E-state index in [2.05, 4.69) is 10.6 Å². The van der Waals surface area contributed by atoms with Gasteiger partial charge >= 0.3 is 0 Å². The third-order valence-electron chi connectivity index (χ3n) is 3.55. The van der Waals surface area contributed by atoms with Crippen molar-refractivity contribution < 1.29 is 0 Å². The molecule has 0 atom stereocenters. The maximum atomic E-state index is 6.35. The number of nitrogens with two attached hydrogens (primary N) is 1. The average Bonchev–Trinajstić information content (AvgIpc) is 2.75. The lowest BCUT2D eigenvalue weighted by molar-refractivity contribution is 0.959. The molecular weight excluding hydrogens is 270 g/mol. The smallest absolute Gasteiger partial charge is 0.142 e. The molecule has 0 aliphatic heterocycles. The number of fused-ring (bicyclic) bond motifs is 1. The van der Waals surface area contributed by atoms with Crippen LogP contribution in [0, 0.1) is 6.92 Å². The van der Waals surface area contributed by atoms with E-state index in [0.29, 0.717) is 6.54 Å². The molecule has 0 aliphatic carbocycles. The van der Waals surface area contributed by atoms with Gasteiger partial charge in [0.1, 0.15) is 5.82 Å². The van der Waals surface area contributed by atoms with Crippen molar-refractivity contribution in [2.24, 2.45) is 12.8 Å². The van der Waals surface area contributed by atoms with Crippen molar-refractivity contribution in [2.45, 2.75) is 13.5 Å². The molecule has 3 aromatic rings. The number of hydrogen-bond donors (Lipinski definition) is 1. The molecule has 1 heterocycles. The van der Waals surface area contributed by atoms with Crippen LogP contribution < -0.4 is 5.73 Å². The predicted octanol–water partition coefficient (Wildman–Crippen LogP) is 3.66. The van der Waals surface area contributed by atoms with Gasteiger partial charge in [-0.05, 0) is 42.3 Å². The Morgan fingerprint density at radius 1 is 1.20 bits per heavy atom. The summed E-state index contributed by atoms with van der Waals surface area (Å²) in [6.07, 6.45) is 0. The molecule has 1 aromatic heterocycles. The number of hydrogen-bond acceptors (Lipinski definition) is 2. The van der Waals surface area contributed by atoms with E-state index in [1.807, 2.05) is 44.3 Å². The van der Waals surface area contributed by atoms with Gasteiger partial charge < -0.3 is 10.3 Å². The standard InChI is InChI=1S/C16H16ClN3/c1-10-3-5-12(13(17)7-10)16-19-14-8-11(9-18)4-6-15(14)20(16)2/h3-8H,9,18H2,1-2H3. The van der Waals surface area contributed by atoms with Crippen LogP contribution in [0.5, 0.6) is 0 Å². The molecule has 20 heavy (non-hydrogen) atoms. The Bertz CT molecular complexity index is 790. The van der Waals surface area contributed by atoms with Crippen LogP contribution in [0.15, 0.2) is 36.4 Å². The molecule has 4 heteroatoms. The first-order chi connectivity index (χ1) is 9.60. The number of nitrogens with zero attached hydrogens (tertiary/aromatic N) is 2. The van der Waals surface area contributed by atoms with E-state index in [-0.39, 0.29) is 0 Å². The molecule has 3 rings (SSSR count). The van der Waals surface area contributed by atoms with Crippen molar-refractivity contribution in [1.29, 1.82) is 0 Å². The van der Waals surface area contributed by atoms with E-state index < -0.39 is 0 Å². The number of halogens is 1. The van der Waals surface area contributed by atoms with Crippen LogP contribution in [-0.4, -0.2) is 9.55 Å². The van der Waals surface area contributed by atoms with Gasteiger partial charge in [-0.1, -0.05) is 23.7 Å². The number of aromatic nitrogens is 2. The summed E-state index contributed by atoms with van der Waals surface area (Å²) in [6, 6.07) is 12.1. The maximum absolute atomic E-state index is 6.35. The Hall–Kier alpha value is -1.84. The highest BCUT2D eigenvalue weighted by atomic mass is 35.5. The molecule has 0 saturated carbocycles. The minimum atomic E-state index is 0.521. The van der Waals surface area contributed by atoms with Gasteiger partial charge in [-0.2, -0.15) is 0 Å². The molecule has 0 unspecified atom stereocenters. The molecule has 0 amide bonds. The fraction of sp³-hybridized carbons (Fsp3) is 0.188. The van der Waals surface area contributed by atoms with Crippen molar-refractivity contribution in [3.63, 3.8) is 0 Å². The molecule has 0 radical (unpaired) electrons. The summed E-state index contributed by atoms with van der Waals surface area (Å²) in [6.45, 7) is 2.55. The maximum Gasteiger partial charge on any atom is 0.142 e. The van der Waals surface area contributed by atoms with E-state index in [9.17, 15) is 0 Å². The highest BCUT2D eigenvalue weighted by Gasteiger charge is 2.13. The normalized spacial score (nSPS) is 11.2. The Labute approximate surface area is 123 Å². The van der Waals surface area contributed by atoms with Crippen LogP contribution in [0.4, 0.5) is 0 Å². The molecule has 0 bridgehead atoms. The van der Waals surface area contributed by atoms with Crippen LogP contribution in [-0.2, 0) is 13.6 Å². The van der Waals surface area contributed by atoms with Crippen molar-refractivity contribution in [2.75, 3.05) is 0 Å². The number of aryl methyl sites for hydroxylation is 2. The second-order valence-electron chi connectivity index (χ2n) is 5.00. The highest BCUT2D eigenvalue weighted by molar-refractivity contribution is 6.33. The lowest BCUT2D eigenvalue weighted by atomic mass is 10.1. The first kappa shape index (κ1) is 13.2. The predicted molar refractivity (Wildman–Crippen MR) is 83.8 cm³/mol. The van der Waals surface area contributed by atoms with Gasteiger partial charge in [0.05, 0.1) is 16.1 Å². The Kier molecular flexibility index (Phi) is 3.24. The minimum absolute atomic E-state index is 0.521. The molecule has 0 spiro atoms. The van der Waals surface area contributed by atoms with Gasteiger partial charge in [-0.3, -0.25) is 0 Å². The van der Waals surface area contributed by atoms with Gasteiger partial charge in [0.25, 0.3) is 0 Å². The Morgan fingerprint density at radius 3 is 2.70 bits per heavy atom. The van der Waals surface area contributed by atoms with Crippen LogP contribution >= 0.6 is 11.6 Å². The molecule has 2 N–H and O–H groups in total. The zero-order chi connectivity index (χ0) is 14.3. The molecule has 0 aliphatic rings. The van der Waals surface area contributed by atoms with Crippen LogP contribution in [0.1, 0.15) is 11.1 Å². The van der Waals surface area contributed by atoms with Crippen molar-refractivity contribution in [1.82, 2.24) is 9.55 Å². The van der Waals surface area contributed by atoms with Crippen LogP contribution in [0.2, 0.25) is 5.02 Å². The lowest BCUT2D eigenvalue weighted by Gasteiger charge is -2.05. The fourth-order valence-electron chi connectivity index (χ4n) is 2.41. The summed E-state index contributed by atoms with van der Waals surface area (Å²) >= 11 is 6.35. The van der Waals surface area contributed by atoms with E-state index >= 15 is 0 Å². The Morgan fingerprint density at radius 2 is 2.00 bits per heavy atom. The largest absolute Gasteiger partial charge is 0.327 e. The van der Waals surface area contributed by atoms with Crippen molar-refractivity contribution >= 4 is 22.6 Å². The average molecular weight is 286 g/mol. The van der Waals surface area contributed by atoms with Gasteiger partial charge in [-0.15, -0.1) is 0 Å².